The van der Waals surface area contributed by atoms with Crippen molar-refractivity contribution in [2.45, 2.75) is 32.3 Å². The summed E-state index contributed by atoms with van der Waals surface area (Å²) in [6.07, 6.45) is -1.93. The van der Waals surface area contributed by atoms with Gasteiger partial charge in [0.25, 0.3) is 0 Å². The average molecular weight is 295 g/mol. The summed E-state index contributed by atoms with van der Waals surface area (Å²) in [5.41, 5.74) is 0. The second kappa shape index (κ2) is 7.37. The van der Waals surface area contributed by atoms with Gasteiger partial charge in [-0.25, -0.2) is 13.2 Å². The molecule has 0 aromatic rings. The normalized spacial score (nSPS) is 18.9. The lowest BCUT2D eigenvalue weighted by atomic mass is 9.92. The second-order valence-corrected chi connectivity index (χ2v) is 4.75. The van der Waals surface area contributed by atoms with Crippen LogP contribution in [0.4, 0.5) is 26.1 Å². The van der Waals surface area contributed by atoms with E-state index in [0.717, 1.165) is 6.73 Å². The van der Waals surface area contributed by atoms with Crippen LogP contribution in [0.15, 0.2) is 0 Å². The minimum absolute atomic E-state index is 0.924. The Labute approximate surface area is 109 Å². The van der Waals surface area contributed by atoms with Crippen LogP contribution in [0.1, 0.15) is 26.2 Å². The van der Waals surface area contributed by atoms with Crippen LogP contribution in [-0.4, -0.2) is 51.0 Å². The maximum atomic E-state index is 10.5. The number of quaternary nitrogens is 1. The van der Waals surface area contributed by atoms with Crippen molar-refractivity contribution in [1.29, 1.82) is 0 Å². The minimum Gasteiger partial charge on any atom is -0.443 e. The summed E-state index contributed by atoms with van der Waals surface area (Å²) in [5.74, 6) is 0. The number of alkyl halides is 3. The molecular formula is C10H20BF6NO. The van der Waals surface area contributed by atoms with Gasteiger partial charge in [0.2, 0.25) is 0 Å². The lowest BCUT2D eigenvalue weighted by Gasteiger charge is -2.32. The van der Waals surface area contributed by atoms with E-state index >= 15 is 0 Å². The van der Waals surface area contributed by atoms with E-state index in [1.807, 2.05) is 7.11 Å². The van der Waals surface area contributed by atoms with E-state index in [1.165, 1.54) is 43.4 Å². The SMILES string of the molecule is CCC[N+]1(COC)CCCC1.F[B-](F)(F)C(F)(F)F. The molecule has 2 nitrogen and oxygen atoms in total. The average Bonchev–Trinajstić information content (AvgIpc) is 2.65. The first-order chi connectivity index (χ1) is 8.58. The Morgan fingerprint density at radius 3 is 1.79 bits per heavy atom. The molecule has 0 aliphatic carbocycles. The monoisotopic (exact) mass is 295 g/mol. The fourth-order valence-corrected chi connectivity index (χ4v) is 2.17. The quantitative estimate of drug-likeness (QED) is 0.438. The van der Waals surface area contributed by atoms with Crippen molar-refractivity contribution in [1.82, 2.24) is 0 Å². The Hall–Kier alpha value is -0.435. The van der Waals surface area contributed by atoms with Crippen LogP contribution < -0.4 is 0 Å². The summed E-state index contributed by atoms with van der Waals surface area (Å²) in [4.78, 5) is 0. The first-order valence-electron chi connectivity index (χ1n) is 6.18. The highest BCUT2D eigenvalue weighted by atomic mass is 19.4. The number of likely N-dealkylation sites (tertiary alicyclic amines) is 1. The minimum atomic E-state index is -6.65. The Balaban J connectivity index is 0.000000362. The van der Waals surface area contributed by atoms with Crippen LogP contribution in [0, 0.1) is 0 Å². The lowest BCUT2D eigenvalue weighted by molar-refractivity contribution is -0.934. The van der Waals surface area contributed by atoms with Crippen LogP contribution in [0.3, 0.4) is 0 Å². The predicted octanol–water partition coefficient (Wildman–Crippen LogP) is 3.55. The molecule has 0 unspecified atom stereocenters. The van der Waals surface area contributed by atoms with Gasteiger partial charge in [-0.15, -0.1) is 0 Å². The molecular weight excluding hydrogens is 275 g/mol. The first-order valence-corrected chi connectivity index (χ1v) is 6.18. The number of nitrogens with zero attached hydrogens (tertiary/aromatic N) is 1. The van der Waals surface area contributed by atoms with Crippen molar-refractivity contribution < 1.29 is 35.3 Å². The molecule has 0 spiro atoms. The number of hydrogen-bond donors (Lipinski definition) is 0. The smallest absolute Gasteiger partial charge is 0.443 e. The third-order valence-corrected chi connectivity index (χ3v) is 2.99. The third kappa shape index (κ3) is 6.51. The number of rotatable bonds is 4. The van der Waals surface area contributed by atoms with E-state index in [1.54, 1.807) is 0 Å². The molecule has 0 bridgehead atoms. The van der Waals surface area contributed by atoms with Gasteiger partial charge < -0.3 is 22.2 Å². The molecule has 1 aliphatic rings. The summed E-state index contributed by atoms with van der Waals surface area (Å²) >= 11 is 0. The van der Waals surface area contributed by atoms with Crippen LogP contribution in [0.5, 0.6) is 0 Å². The summed E-state index contributed by atoms with van der Waals surface area (Å²) < 4.78 is 69.4. The van der Waals surface area contributed by atoms with Gasteiger partial charge in [0.15, 0.2) is 6.73 Å². The van der Waals surface area contributed by atoms with Crippen molar-refractivity contribution in [3.05, 3.63) is 0 Å². The standard InChI is InChI=1S/C9H20NO.CBF6/c1-3-6-10(9-11-2)7-4-5-8-10;3-1(4,5)2(6,7)8/h3-9H2,1-2H3;/q+1;-1. The van der Waals surface area contributed by atoms with Crippen molar-refractivity contribution in [3.8, 4) is 0 Å². The molecule has 116 valence electrons. The largest absolute Gasteiger partial charge is 0.583 e. The van der Waals surface area contributed by atoms with E-state index in [0.29, 0.717) is 0 Å². The van der Waals surface area contributed by atoms with E-state index in [2.05, 4.69) is 6.92 Å². The summed E-state index contributed by atoms with van der Waals surface area (Å²) in [6, 6.07) is 0. The molecule has 0 aromatic carbocycles. The highest BCUT2D eigenvalue weighted by Crippen LogP contribution is 2.31. The van der Waals surface area contributed by atoms with Crippen molar-refractivity contribution >= 4 is 6.98 Å². The summed E-state index contributed by atoms with van der Waals surface area (Å²) in [7, 11) is 1.81. The fourth-order valence-electron chi connectivity index (χ4n) is 2.17. The van der Waals surface area contributed by atoms with Crippen LogP contribution in [-0.2, 0) is 4.74 Å². The first kappa shape index (κ1) is 18.6. The maximum Gasteiger partial charge on any atom is 0.583 e. The zero-order valence-corrected chi connectivity index (χ0v) is 11.2. The summed E-state index contributed by atoms with van der Waals surface area (Å²) in [6.45, 7) is 0.506. The van der Waals surface area contributed by atoms with Crippen LogP contribution >= 0.6 is 0 Å². The van der Waals surface area contributed by atoms with E-state index in [4.69, 9.17) is 4.74 Å². The van der Waals surface area contributed by atoms with Crippen molar-refractivity contribution in [3.63, 3.8) is 0 Å². The molecule has 1 rings (SSSR count). The zero-order chi connectivity index (χ0) is 15.2. The molecule has 1 fully saturated rings. The van der Waals surface area contributed by atoms with Gasteiger partial charge >= 0.3 is 13.1 Å². The topological polar surface area (TPSA) is 9.23 Å². The second-order valence-electron chi connectivity index (χ2n) is 4.75. The molecule has 0 saturated carbocycles. The van der Waals surface area contributed by atoms with Gasteiger partial charge in [0, 0.05) is 20.0 Å². The number of halogens is 6. The molecule has 19 heavy (non-hydrogen) atoms. The van der Waals surface area contributed by atoms with Crippen LogP contribution in [0.25, 0.3) is 0 Å². The predicted molar refractivity (Wildman–Crippen MR) is 61.4 cm³/mol. The van der Waals surface area contributed by atoms with Gasteiger partial charge in [-0.1, -0.05) is 6.92 Å². The van der Waals surface area contributed by atoms with E-state index < -0.39 is 13.1 Å². The Kier molecular flexibility index (Phi) is 7.21. The molecule has 1 aliphatic heterocycles. The molecule has 0 amide bonds. The Morgan fingerprint density at radius 2 is 1.53 bits per heavy atom. The number of hydrogen-bond acceptors (Lipinski definition) is 1. The molecule has 0 atom stereocenters. The van der Waals surface area contributed by atoms with E-state index in [9.17, 15) is 26.1 Å². The van der Waals surface area contributed by atoms with Gasteiger partial charge in [-0.3, -0.25) is 0 Å². The maximum absolute atomic E-state index is 10.5. The fraction of sp³-hybridized carbons (Fsp3) is 1.00. The summed E-state index contributed by atoms with van der Waals surface area (Å²) in [5, 5.41) is 0. The molecule has 0 radical (unpaired) electrons. The Bertz CT molecular complexity index is 229. The molecule has 1 saturated heterocycles. The highest BCUT2D eigenvalue weighted by molar-refractivity contribution is 6.60. The molecule has 1 heterocycles. The van der Waals surface area contributed by atoms with Gasteiger partial charge in [-0.2, -0.15) is 0 Å². The van der Waals surface area contributed by atoms with Crippen LogP contribution in [0.2, 0.25) is 0 Å². The zero-order valence-electron chi connectivity index (χ0n) is 11.2. The van der Waals surface area contributed by atoms with Gasteiger partial charge in [0.1, 0.15) is 0 Å². The molecule has 0 aromatic heterocycles. The number of ether oxygens (including phenoxy) is 1. The van der Waals surface area contributed by atoms with E-state index in [-0.39, 0.29) is 0 Å². The molecule has 0 N–H and O–H groups in total. The van der Waals surface area contributed by atoms with Crippen molar-refractivity contribution in [2.75, 3.05) is 33.5 Å². The molecule has 9 heteroatoms. The number of methoxy groups -OCH3 is 1. The lowest BCUT2D eigenvalue weighted by Crippen LogP contribution is -2.47. The highest BCUT2D eigenvalue weighted by Gasteiger charge is 2.53. The van der Waals surface area contributed by atoms with Gasteiger partial charge in [0.05, 0.1) is 19.6 Å². The van der Waals surface area contributed by atoms with Crippen molar-refractivity contribution in [2.24, 2.45) is 0 Å². The Morgan fingerprint density at radius 1 is 1.11 bits per heavy atom. The third-order valence-electron chi connectivity index (χ3n) is 2.99. The van der Waals surface area contributed by atoms with Gasteiger partial charge in [-0.05, 0) is 6.42 Å².